The van der Waals surface area contributed by atoms with Gasteiger partial charge in [0.1, 0.15) is 0 Å². The Hall–Kier alpha value is -0.0800. The lowest BCUT2D eigenvalue weighted by Crippen LogP contribution is -2.50. The van der Waals surface area contributed by atoms with Crippen molar-refractivity contribution in [3.05, 3.63) is 0 Å². The molecule has 0 spiro atoms. The minimum atomic E-state index is 0.505. The highest BCUT2D eigenvalue weighted by Gasteiger charge is 2.31. The van der Waals surface area contributed by atoms with Gasteiger partial charge in [0.2, 0.25) is 0 Å². The van der Waals surface area contributed by atoms with E-state index in [9.17, 15) is 0 Å². The van der Waals surface area contributed by atoms with Crippen molar-refractivity contribution in [2.24, 2.45) is 5.92 Å². The summed E-state index contributed by atoms with van der Waals surface area (Å²) in [6.07, 6.45) is 6.93. The lowest BCUT2D eigenvalue weighted by molar-refractivity contribution is 0.189. The van der Waals surface area contributed by atoms with Crippen molar-refractivity contribution in [1.82, 2.24) is 10.6 Å². The molecule has 0 atom stereocenters. The molecule has 0 unspecified atom stereocenters. The minimum absolute atomic E-state index is 0.505. The number of hydrogen-bond donors (Lipinski definition) is 2. The van der Waals surface area contributed by atoms with E-state index in [2.05, 4.69) is 17.6 Å². The van der Waals surface area contributed by atoms with E-state index in [-0.39, 0.29) is 0 Å². The Bertz CT molecular complexity index is 157. The molecule has 1 heterocycles. The largest absolute Gasteiger partial charge is 0.317 e. The molecule has 0 aromatic carbocycles. The van der Waals surface area contributed by atoms with Crippen LogP contribution in [0.5, 0.6) is 0 Å². The third-order valence-corrected chi connectivity index (χ3v) is 3.73. The summed E-state index contributed by atoms with van der Waals surface area (Å²) in [7, 11) is 0. The molecule has 2 heteroatoms. The van der Waals surface area contributed by atoms with Gasteiger partial charge in [-0.1, -0.05) is 0 Å². The molecule has 0 bridgehead atoms. The smallest absolute Gasteiger partial charge is 0.0153 e. The minimum Gasteiger partial charge on any atom is -0.317 e. The van der Waals surface area contributed by atoms with Gasteiger partial charge in [0.25, 0.3) is 0 Å². The Morgan fingerprint density at radius 2 is 2.00 bits per heavy atom. The standard InChI is InChI=1S/C11H22N2/c1-11(5-2-6-11)13-9-10-3-7-12-8-4-10/h10,12-13H,2-9H2,1H3. The Labute approximate surface area is 81.5 Å². The summed E-state index contributed by atoms with van der Waals surface area (Å²) >= 11 is 0. The molecule has 13 heavy (non-hydrogen) atoms. The van der Waals surface area contributed by atoms with Crippen molar-refractivity contribution in [1.29, 1.82) is 0 Å². The van der Waals surface area contributed by atoms with Gasteiger partial charge in [-0.2, -0.15) is 0 Å². The molecule has 76 valence electrons. The Morgan fingerprint density at radius 1 is 1.31 bits per heavy atom. The molecule has 0 amide bonds. The van der Waals surface area contributed by atoms with Crippen LogP contribution in [0.4, 0.5) is 0 Å². The number of rotatable bonds is 3. The Balaban J connectivity index is 1.66. The lowest BCUT2D eigenvalue weighted by Gasteiger charge is -2.41. The third kappa shape index (κ3) is 2.44. The van der Waals surface area contributed by atoms with Gasteiger partial charge in [0.15, 0.2) is 0 Å². The molecule has 1 saturated heterocycles. The number of piperidine rings is 1. The highest BCUT2D eigenvalue weighted by atomic mass is 15.0. The zero-order chi connectivity index (χ0) is 9.15. The molecule has 0 aromatic rings. The first kappa shape index (κ1) is 9.47. The molecule has 0 radical (unpaired) electrons. The molecule has 1 aliphatic carbocycles. The average molecular weight is 182 g/mol. The van der Waals surface area contributed by atoms with Crippen LogP contribution >= 0.6 is 0 Å². The van der Waals surface area contributed by atoms with Crippen LogP contribution in [0.2, 0.25) is 0 Å². The van der Waals surface area contributed by atoms with E-state index in [1.165, 1.54) is 51.7 Å². The second-order valence-corrected chi connectivity index (χ2v) is 4.99. The fraction of sp³-hybridized carbons (Fsp3) is 1.00. The van der Waals surface area contributed by atoms with Crippen LogP contribution in [0.3, 0.4) is 0 Å². The first-order chi connectivity index (χ1) is 6.29. The summed E-state index contributed by atoms with van der Waals surface area (Å²) in [6, 6.07) is 0. The number of nitrogens with one attached hydrogen (secondary N) is 2. The van der Waals surface area contributed by atoms with Gasteiger partial charge < -0.3 is 10.6 Å². The van der Waals surface area contributed by atoms with E-state index in [4.69, 9.17) is 0 Å². The second kappa shape index (κ2) is 3.97. The highest BCUT2D eigenvalue weighted by Crippen LogP contribution is 2.31. The predicted octanol–water partition coefficient (Wildman–Crippen LogP) is 1.52. The van der Waals surface area contributed by atoms with E-state index < -0.39 is 0 Å². The van der Waals surface area contributed by atoms with Crippen molar-refractivity contribution in [2.75, 3.05) is 19.6 Å². The Kier molecular flexibility index (Phi) is 2.89. The molecule has 1 aliphatic heterocycles. The third-order valence-electron chi connectivity index (χ3n) is 3.73. The molecule has 2 N–H and O–H groups in total. The maximum absolute atomic E-state index is 3.74. The van der Waals surface area contributed by atoms with Crippen LogP contribution in [-0.4, -0.2) is 25.2 Å². The van der Waals surface area contributed by atoms with Crippen LogP contribution in [0.15, 0.2) is 0 Å². The summed E-state index contributed by atoms with van der Waals surface area (Å²) in [4.78, 5) is 0. The van der Waals surface area contributed by atoms with Gasteiger partial charge in [-0.15, -0.1) is 0 Å². The molecule has 2 aliphatic rings. The summed E-state index contributed by atoms with van der Waals surface area (Å²) in [5.74, 6) is 0.929. The van der Waals surface area contributed by atoms with Crippen molar-refractivity contribution < 1.29 is 0 Å². The quantitative estimate of drug-likeness (QED) is 0.691. The van der Waals surface area contributed by atoms with Crippen molar-refractivity contribution in [3.63, 3.8) is 0 Å². The van der Waals surface area contributed by atoms with Gasteiger partial charge in [-0.25, -0.2) is 0 Å². The highest BCUT2D eigenvalue weighted by molar-refractivity contribution is 4.92. The zero-order valence-corrected chi connectivity index (χ0v) is 8.73. The van der Waals surface area contributed by atoms with Crippen molar-refractivity contribution in [3.8, 4) is 0 Å². The summed E-state index contributed by atoms with van der Waals surface area (Å²) in [5, 5.41) is 7.15. The predicted molar refractivity (Wildman–Crippen MR) is 55.9 cm³/mol. The maximum atomic E-state index is 3.74. The topological polar surface area (TPSA) is 24.1 Å². The van der Waals surface area contributed by atoms with Crippen molar-refractivity contribution in [2.45, 2.75) is 44.6 Å². The summed E-state index contributed by atoms with van der Waals surface area (Å²) in [6.45, 7) is 6.07. The maximum Gasteiger partial charge on any atom is 0.0153 e. The monoisotopic (exact) mass is 182 g/mol. The summed E-state index contributed by atoms with van der Waals surface area (Å²) in [5.41, 5.74) is 0.505. The van der Waals surface area contributed by atoms with Gasteiger partial charge in [0, 0.05) is 5.54 Å². The number of hydrogen-bond acceptors (Lipinski definition) is 2. The summed E-state index contributed by atoms with van der Waals surface area (Å²) < 4.78 is 0. The Morgan fingerprint density at radius 3 is 2.54 bits per heavy atom. The first-order valence-corrected chi connectivity index (χ1v) is 5.74. The second-order valence-electron chi connectivity index (χ2n) is 4.99. The molecule has 0 aromatic heterocycles. The molecule has 2 fully saturated rings. The average Bonchev–Trinajstić information content (AvgIpc) is 2.13. The van der Waals surface area contributed by atoms with E-state index in [0.717, 1.165) is 5.92 Å². The molecule has 2 nitrogen and oxygen atoms in total. The lowest BCUT2D eigenvalue weighted by atomic mass is 9.78. The molecular weight excluding hydrogens is 160 g/mol. The first-order valence-electron chi connectivity index (χ1n) is 5.74. The van der Waals surface area contributed by atoms with Gasteiger partial charge >= 0.3 is 0 Å². The van der Waals surface area contributed by atoms with Crippen LogP contribution in [0.25, 0.3) is 0 Å². The van der Waals surface area contributed by atoms with Crippen LogP contribution in [0, 0.1) is 5.92 Å². The SMILES string of the molecule is CC1(NCC2CCNCC2)CCC1. The molecule has 1 saturated carbocycles. The van der Waals surface area contributed by atoms with E-state index in [0.29, 0.717) is 5.54 Å². The normalized spacial score (nSPS) is 28.4. The van der Waals surface area contributed by atoms with Crippen LogP contribution < -0.4 is 10.6 Å². The van der Waals surface area contributed by atoms with E-state index in [1.807, 2.05) is 0 Å². The van der Waals surface area contributed by atoms with Crippen molar-refractivity contribution >= 4 is 0 Å². The van der Waals surface area contributed by atoms with Crippen LogP contribution in [-0.2, 0) is 0 Å². The van der Waals surface area contributed by atoms with E-state index in [1.54, 1.807) is 0 Å². The molecule has 2 rings (SSSR count). The van der Waals surface area contributed by atoms with Crippen LogP contribution in [0.1, 0.15) is 39.0 Å². The van der Waals surface area contributed by atoms with Gasteiger partial charge in [-0.3, -0.25) is 0 Å². The fourth-order valence-electron chi connectivity index (χ4n) is 2.36. The van der Waals surface area contributed by atoms with Gasteiger partial charge in [0.05, 0.1) is 0 Å². The van der Waals surface area contributed by atoms with E-state index >= 15 is 0 Å². The fourth-order valence-corrected chi connectivity index (χ4v) is 2.36. The van der Waals surface area contributed by atoms with Gasteiger partial charge in [-0.05, 0) is 64.6 Å². The molecular formula is C11H22N2. The zero-order valence-electron chi connectivity index (χ0n) is 8.73.